The molecule has 0 radical (unpaired) electrons. The fraction of sp³-hybridized carbons (Fsp3) is 0.543. The number of anilines is 1. The number of carbonyl (C=O) groups excluding carboxylic acids is 4. The van der Waals surface area contributed by atoms with Gasteiger partial charge in [0.25, 0.3) is 5.91 Å². The van der Waals surface area contributed by atoms with Crippen molar-refractivity contribution in [3.8, 4) is 17.1 Å². The molecule has 3 aliphatic rings. The molecular weight excluding hydrogens is 739 g/mol. The highest BCUT2D eigenvalue weighted by Crippen LogP contribution is 2.48. The molecule has 3 saturated carbocycles. The number of alkyl carbamates (subject to hydrolysis) is 1. The number of aromatic nitrogens is 5. The molecule has 2 aromatic heterocycles. The number of ether oxygens (including phenoxy) is 2. The summed E-state index contributed by atoms with van der Waals surface area (Å²) in [5, 5.41) is 20.3. The molecule has 1 aromatic carbocycles. The third kappa shape index (κ3) is 8.56. The molecule has 3 amide bonds. The van der Waals surface area contributed by atoms with Gasteiger partial charge in [0.1, 0.15) is 17.4 Å². The van der Waals surface area contributed by atoms with E-state index in [1.54, 1.807) is 42.8 Å². The molecule has 17 nitrogen and oxygen atoms in total. The Morgan fingerprint density at radius 2 is 1.85 bits per heavy atom. The number of tetrazole rings is 1. The van der Waals surface area contributed by atoms with Gasteiger partial charge in [-0.1, -0.05) is 26.8 Å². The quantitative estimate of drug-likeness (QED) is 0.162. The predicted octanol–water partition coefficient (Wildman–Crippen LogP) is 3.56. The Morgan fingerprint density at radius 3 is 2.46 bits per heavy atom. The largest absolute Gasteiger partial charge is 0.497 e. The molecule has 4 N–H and O–H groups in total. The van der Waals surface area contributed by atoms with Gasteiger partial charge in [0.05, 0.1) is 19.2 Å². The summed E-state index contributed by atoms with van der Waals surface area (Å²) in [5.74, 6) is -3.37. The second-order valence-electron chi connectivity index (χ2n) is 15.1. The summed E-state index contributed by atoms with van der Waals surface area (Å²) in [6.45, 7) is 9.18. The number of nitrogens with zero attached hydrogens (tertiary/aromatic N) is 5. The van der Waals surface area contributed by atoms with Crippen molar-refractivity contribution in [3.05, 3.63) is 48.5 Å². The van der Waals surface area contributed by atoms with Gasteiger partial charge in [0.2, 0.25) is 11.7 Å². The Balaban J connectivity index is 1.27. The number of hydrogen-bond donors (Lipinski definition) is 4. The van der Waals surface area contributed by atoms with Crippen molar-refractivity contribution in [2.45, 2.75) is 89.4 Å². The zero-order valence-corrected chi connectivity index (χ0v) is 32.1. The Labute approximate surface area is 317 Å². The second kappa shape index (κ2) is 15.4. The molecule has 54 heavy (non-hydrogen) atoms. The van der Waals surface area contributed by atoms with Crippen LogP contribution in [0.15, 0.2) is 48.5 Å². The first kappa shape index (κ1) is 38.8. The highest BCUT2D eigenvalue weighted by atomic mass is 32.2. The summed E-state index contributed by atoms with van der Waals surface area (Å²) in [4.78, 5) is 60.9. The van der Waals surface area contributed by atoms with Crippen LogP contribution in [0, 0.1) is 23.2 Å². The van der Waals surface area contributed by atoms with Gasteiger partial charge in [0, 0.05) is 29.0 Å². The van der Waals surface area contributed by atoms with Crippen LogP contribution in [0.5, 0.6) is 5.75 Å². The SMILES string of the molecule is C=CC[C@@H]1C[C@@]1(NC(=O)[C@@H]1C[C@@H](n2nnc(-c3ccc(OC)cc3)n2)CC1C(=O)C(NC(=O)OC1CCC1)C(C)(C)C)C(=O)NS(=O)(=O)Nc1nccs1. The summed E-state index contributed by atoms with van der Waals surface area (Å²) < 4.78 is 40.8. The zero-order valence-electron chi connectivity index (χ0n) is 30.5. The lowest BCUT2D eigenvalue weighted by molar-refractivity contribution is -0.137. The molecule has 0 aliphatic heterocycles. The van der Waals surface area contributed by atoms with Crippen LogP contribution in [0.4, 0.5) is 9.93 Å². The number of nitrogens with one attached hydrogen (secondary N) is 4. The van der Waals surface area contributed by atoms with E-state index in [2.05, 4.69) is 42.3 Å². The van der Waals surface area contributed by atoms with Crippen molar-refractivity contribution in [1.82, 2.24) is 40.5 Å². The molecule has 0 saturated heterocycles. The highest BCUT2D eigenvalue weighted by molar-refractivity contribution is 7.91. The van der Waals surface area contributed by atoms with Crippen LogP contribution in [0.25, 0.3) is 11.4 Å². The monoisotopic (exact) mass is 783 g/mol. The number of rotatable bonds is 15. The molecule has 2 unspecified atom stereocenters. The first-order valence-electron chi connectivity index (χ1n) is 17.7. The van der Waals surface area contributed by atoms with Crippen molar-refractivity contribution in [2.24, 2.45) is 23.2 Å². The fourth-order valence-corrected chi connectivity index (χ4v) is 8.66. The van der Waals surface area contributed by atoms with E-state index in [9.17, 15) is 27.6 Å². The lowest BCUT2D eigenvalue weighted by atomic mass is 9.77. The number of carbonyl (C=O) groups is 4. The molecule has 290 valence electrons. The van der Waals surface area contributed by atoms with Crippen molar-refractivity contribution in [2.75, 3.05) is 11.8 Å². The lowest BCUT2D eigenvalue weighted by Crippen LogP contribution is -2.56. The molecule has 6 rings (SSSR count). The minimum absolute atomic E-state index is 0.0561. The summed E-state index contributed by atoms with van der Waals surface area (Å²) in [7, 11) is -2.84. The molecule has 19 heteroatoms. The Kier molecular flexibility index (Phi) is 11.1. The first-order valence-corrected chi connectivity index (χ1v) is 20.1. The minimum Gasteiger partial charge on any atom is -0.497 e. The number of Topliss-reactive ketones (excluding diaryl/α,β-unsaturated/α-hetero) is 1. The topological polar surface area (TPSA) is 225 Å². The van der Waals surface area contributed by atoms with Gasteiger partial charge in [-0.05, 0) is 85.8 Å². The smallest absolute Gasteiger partial charge is 0.408 e. The predicted molar refractivity (Wildman–Crippen MR) is 197 cm³/mol. The van der Waals surface area contributed by atoms with Gasteiger partial charge >= 0.3 is 16.3 Å². The molecule has 3 fully saturated rings. The van der Waals surface area contributed by atoms with Crippen LogP contribution >= 0.6 is 11.3 Å². The first-order chi connectivity index (χ1) is 25.6. The van der Waals surface area contributed by atoms with Gasteiger partial charge in [-0.2, -0.15) is 13.2 Å². The molecule has 2 heterocycles. The number of hydrogen-bond acceptors (Lipinski definition) is 13. The number of amides is 3. The van der Waals surface area contributed by atoms with Crippen LogP contribution in [-0.2, 0) is 29.3 Å². The molecule has 6 atom stereocenters. The third-order valence-corrected chi connectivity index (χ3v) is 12.0. The number of allylic oxidation sites excluding steroid dienone is 1. The van der Waals surface area contributed by atoms with E-state index < -0.39 is 74.7 Å². The maximum atomic E-state index is 14.6. The summed E-state index contributed by atoms with van der Waals surface area (Å²) in [6.07, 6.45) is 5.23. The maximum Gasteiger partial charge on any atom is 0.408 e. The second-order valence-corrected chi connectivity index (χ2v) is 17.4. The average Bonchev–Trinajstić information content (AvgIpc) is 3.58. The Hall–Kier alpha value is -4.91. The van der Waals surface area contributed by atoms with Crippen LogP contribution in [0.3, 0.4) is 0 Å². The Morgan fingerprint density at radius 1 is 1.13 bits per heavy atom. The zero-order chi connectivity index (χ0) is 38.8. The summed E-state index contributed by atoms with van der Waals surface area (Å²) in [5.41, 5.74) is -1.68. The highest BCUT2D eigenvalue weighted by Gasteiger charge is 2.62. The van der Waals surface area contributed by atoms with E-state index >= 15 is 0 Å². The standard InChI is InChI=1S/C35H45N9O8S2/c1-6-8-21-19-35(21,31(47)41-54(49,50)42-32-36-15-16-53-32)38-30(46)26-18-22(44-40-29(39-43-44)20-11-13-23(51-5)14-12-20)17-25(26)27(45)28(34(2,3)4)37-33(48)52-24-9-7-10-24/h6,11-16,21-22,24-26,28H,1,7-10,17-19H2,2-5H3,(H,36,42)(H,37,48)(H,38,46)(H,41,47)/t21-,22+,25?,26-,28?,35+/m1/s1. The van der Waals surface area contributed by atoms with Crippen LogP contribution < -0.4 is 24.8 Å². The van der Waals surface area contributed by atoms with Crippen molar-refractivity contribution in [3.63, 3.8) is 0 Å². The number of methoxy groups -OCH3 is 1. The van der Waals surface area contributed by atoms with Crippen LogP contribution in [-0.4, -0.2) is 82.1 Å². The molecule has 0 bridgehead atoms. The third-order valence-electron chi connectivity index (χ3n) is 10.3. The molecule has 3 aromatic rings. The van der Waals surface area contributed by atoms with E-state index in [0.29, 0.717) is 23.6 Å². The van der Waals surface area contributed by atoms with Crippen molar-refractivity contribution < 1.29 is 37.1 Å². The van der Waals surface area contributed by atoms with E-state index in [4.69, 9.17) is 9.47 Å². The van der Waals surface area contributed by atoms with Gasteiger partial charge < -0.3 is 20.1 Å². The molecular formula is C35H45N9O8S2. The summed E-state index contributed by atoms with van der Waals surface area (Å²) in [6, 6.07) is 5.50. The van der Waals surface area contributed by atoms with Crippen molar-refractivity contribution in [1.29, 1.82) is 0 Å². The Bertz CT molecular complexity index is 1980. The van der Waals surface area contributed by atoms with E-state index in [0.717, 1.165) is 30.6 Å². The van der Waals surface area contributed by atoms with Gasteiger partial charge in [-0.3, -0.25) is 14.4 Å². The van der Waals surface area contributed by atoms with E-state index in [-0.39, 0.29) is 30.5 Å². The number of benzene rings is 1. The van der Waals surface area contributed by atoms with Crippen LogP contribution in [0.1, 0.15) is 71.8 Å². The molecule has 3 aliphatic carbocycles. The maximum absolute atomic E-state index is 14.6. The average molecular weight is 784 g/mol. The minimum atomic E-state index is -4.40. The van der Waals surface area contributed by atoms with E-state index in [1.807, 2.05) is 25.5 Å². The fourth-order valence-electron chi connectivity index (χ4n) is 7.00. The van der Waals surface area contributed by atoms with Crippen molar-refractivity contribution >= 4 is 50.4 Å². The lowest BCUT2D eigenvalue weighted by Gasteiger charge is -2.34. The van der Waals surface area contributed by atoms with Crippen LogP contribution in [0.2, 0.25) is 0 Å². The van der Waals surface area contributed by atoms with Gasteiger partial charge in [0.15, 0.2) is 10.9 Å². The van der Waals surface area contributed by atoms with E-state index in [1.165, 1.54) is 11.0 Å². The molecule has 0 spiro atoms. The van der Waals surface area contributed by atoms with Gasteiger partial charge in [-0.25, -0.2) is 19.2 Å². The normalized spacial score (nSPS) is 24.4. The number of ketones is 1. The van der Waals surface area contributed by atoms with Gasteiger partial charge in [-0.15, -0.1) is 28.1 Å². The summed E-state index contributed by atoms with van der Waals surface area (Å²) >= 11 is 1.03. The number of thiazole rings is 1.